The minimum absolute atomic E-state index is 0.0218. The van der Waals surface area contributed by atoms with E-state index in [4.69, 9.17) is 9.47 Å². The molecule has 0 atom stereocenters. The maximum atomic E-state index is 13.3. The Morgan fingerprint density at radius 1 is 1.16 bits per heavy atom. The van der Waals surface area contributed by atoms with Gasteiger partial charge in [0.2, 0.25) is 0 Å². The third kappa shape index (κ3) is 4.51. The van der Waals surface area contributed by atoms with E-state index in [1.165, 1.54) is 29.6 Å². The lowest BCUT2D eigenvalue weighted by molar-refractivity contribution is -0.142. The van der Waals surface area contributed by atoms with Crippen LogP contribution in [0.4, 0.5) is 5.69 Å². The number of anilines is 1. The summed E-state index contributed by atoms with van der Waals surface area (Å²) in [6, 6.07) is 11.5. The van der Waals surface area contributed by atoms with Gasteiger partial charge in [-0.2, -0.15) is 0 Å². The van der Waals surface area contributed by atoms with Crippen molar-refractivity contribution in [3.05, 3.63) is 53.6 Å². The van der Waals surface area contributed by atoms with Crippen molar-refractivity contribution in [2.45, 2.75) is 24.2 Å². The summed E-state index contributed by atoms with van der Waals surface area (Å²) >= 11 is 0. The van der Waals surface area contributed by atoms with Gasteiger partial charge in [-0.3, -0.25) is 13.9 Å². The summed E-state index contributed by atoms with van der Waals surface area (Å²) < 4.78 is 38.2. The van der Waals surface area contributed by atoms with Crippen molar-refractivity contribution in [2.24, 2.45) is 5.92 Å². The summed E-state index contributed by atoms with van der Waals surface area (Å²) in [7, 11) is -2.48. The van der Waals surface area contributed by atoms with Crippen LogP contribution in [0, 0.1) is 5.92 Å². The first-order valence-corrected chi connectivity index (χ1v) is 11.6. The Labute approximate surface area is 181 Å². The number of hydrogen-bond donors (Lipinski definition) is 1. The van der Waals surface area contributed by atoms with Crippen LogP contribution in [0.5, 0.6) is 5.75 Å². The highest BCUT2D eigenvalue weighted by Crippen LogP contribution is 2.34. The zero-order valence-corrected chi connectivity index (χ0v) is 18.0. The number of nitrogens with one attached hydrogen (secondary N) is 1. The molecule has 31 heavy (non-hydrogen) atoms. The van der Waals surface area contributed by atoms with Crippen molar-refractivity contribution in [1.82, 2.24) is 5.32 Å². The van der Waals surface area contributed by atoms with Gasteiger partial charge in [-0.25, -0.2) is 8.42 Å². The molecule has 164 valence electrons. The lowest BCUT2D eigenvalue weighted by atomic mass is 10.2. The number of para-hydroxylation sites is 1. The molecule has 0 spiro atoms. The minimum atomic E-state index is -3.87. The maximum absolute atomic E-state index is 13.3. The number of sulfonamides is 1. The van der Waals surface area contributed by atoms with Crippen molar-refractivity contribution in [2.75, 3.05) is 31.1 Å². The average Bonchev–Trinajstić information content (AvgIpc) is 3.51. The molecular weight excluding hydrogens is 420 g/mol. The highest BCUT2D eigenvalue weighted by Gasteiger charge is 2.31. The van der Waals surface area contributed by atoms with Crippen molar-refractivity contribution >= 4 is 27.6 Å². The van der Waals surface area contributed by atoms with Crippen molar-refractivity contribution < 1.29 is 27.5 Å². The van der Waals surface area contributed by atoms with E-state index in [1.807, 2.05) is 12.1 Å². The zero-order chi connectivity index (χ0) is 22.0. The van der Waals surface area contributed by atoms with Gasteiger partial charge >= 0.3 is 5.97 Å². The molecule has 1 amide bonds. The molecule has 2 aromatic carbocycles. The summed E-state index contributed by atoms with van der Waals surface area (Å²) in [5.74, 6) is -0.502. The van der Waals surface area contributed by atoms with E-state index in [0.717, 1.165) is 18.4 Å². The van der Waals surface area contributed by atoms with Crippen LogP contribution in [0.1, 0.15) is 28.8 Å². The first-order valence-electron chi connectivity index (χ1n) is 10.1. The molecule has 8 nitrogen and oxygen atoms in total. The number of rotatable bonds is 8. The fourth-order valence-corrected chi connectivity index (χ4v) is 5.03. The number of benzene rings is 2. The lowest BCUT2D eigenvalue weighted by Crippen LogP contribution is -2.32. The predicted octanol–water partition coefficient (Wildman–Crippen LogP) is 2.13. The van der Waals surface area contributed by atoms with Gasteiger partial charge in [0.25, 0.3) is 15.9 Å². The summed E-state index contributed by atoms with van der Waals surface area (Å²) in [6.07, 6.45) is 2.74. The Bertz CT molecular complexity index is 1110. The molecule has 1 aliphatic heterocycles. The van der Waals surface area contributed by atoms with E-state index in [1.54, 1.807) is 12.1 Å². The topological polar surface area (TPSA) is 102 Å². The number of amides is 1. The first kappa shape index (κ1) is 21.2. The van der Waals surface area contributed by atoms with Crippen molar-refractivity contribution in [3.63, 3.8) is 0 Å². The second-order valence-corrected chi connectivity index (χ2v) is 9.49. The Morgan fingerprint density at radius 2 is 1.94 bits per heavy atom. The molecule has 1 aliphatic carbocycles. The second kappa shape index (κ2) is 8.58. The van der Waals surface area contributed by atoms with Gasteiger partial charge in [0, 0.05) is 6.54 Å². The third-order valence-corrected chi connectivity index (χ3v) is 7.23. The second-order valence-electron chi connectivity index (χ2n) is 7.63. The van der Waals surface area contributed by atoms with Crippen LogP contribution in [0.25, 0.3) is 0 Å². The number of nitrogens with zero attached hydrogens (tertiary/aromatic N) is 1. The van der Waals surface area contributed by atoms with Crippen molar-refractivity contribution in [3.8, 4) is 5.75 Å². The Balaban J connectivity index is 1.53. The summed E-state index contributed by atoms with van der Waals surface area (Å²) in [6.45, 7) is 0.399. The number of hydrogen-bond acceptors (Lipinski definition) is 6. The van der Waals surface area contributed by atoms with Crippen LogP contribution in [-0.4, -0.2) is 47.1 Å². The average molecular weight is 445 g/mol. The van der Waals surface area contributed by atoms with Crippen LogP contribution >= 0.6 is 0 Å². The quantitative estimate of drug-likeness (QED) is 0.626. The standard InChI is InChI=1S/C22H24N2O6S/c1-29-20-9-8-17(31(27,28)24-11-10-16-4-2-3-5-19(16)24)12-18(20)22(26)23-13-21(25)30-14-15-6-7-15/h2-5,8-9,12,15H,6-7,10-11,13-14H2,1H3,(H,23,26). The van der Waals surface area contributed by atoms with E-state index in [9.17, 15) is 18.0 Å². The summed E-state index contributed by atoms with van der Waals surface area (Å²) in [5.41, 5.74) is 1.64. The molecule has 1 fully saturated rings. The molecule has 0 radical (unpaired) electrons. The highest BCUT2D eigenvalue weighted by atomic mass is 32.2. The molecule has 9 heteroatoms. The Hall–Kier alpha value is -3.07. The number of methoxy groups -OCH3 is 1. The zero-order valence-electron chi connectivity index (χ0n) is 17.2. The van der Waals surface area contributed by atoms with Crippen LogP contribution in [0.3, 0.4) is 0 Å². The normalized spacial score (nSPS) is 15.3. The number of ether oxygens (including phenoxy) is 2. The Kier molecular flexibility index (Phi) is 5.86. The summed E-state index contributed by atoms with van der Waals surface area (Å²) in [5, 5.41) is 2.48. The lowest BCUT2D eigenvalue weighted by Gasteiger charge is -2.20. The van der Waals surface area contributed by atoms with E-state index >= 15 is 0 Å². The Morgan fingerprint density at radius 3 is 2.68 bits per heavy atom. The van der Waals surface area contributed by atoms with Gasteiger partial charge in [-0.15, -0.1) is 0 Å². The largest absolute Gasteiger partial charge is 0.496 e. The monoisotopic (exact) mass is 444 g/mol. The minimum Gasteiger partial charge on any atom is -0.496 e. The van der Waals surface area contributed by atoms with E-state index < -0.39 is 21.9 Å². The van der Waals surface area contributed by atoms with Crippen LogP contribution in [0.15, 0.2) is 47.4 Å². The van der Waals surface area contributed by atoms with E-state index in [0.29, 0.717) is 31.2 Å². The predicted molar refractivity (Wildman–Crippen MR) is 114 cm³/mol. The first-order chi connectivity index (χ1) is 14.9. The smallest absolute Gasteiger partial charge is 0.325 e. The molecule has 1 saturated carbocycles. The molecular formula is C22H24N2O6S. The van der Waals surface area contributed by atoms with Gasteiger partial charge in [-0.05, 0) is 55.0 Å². The van der Waals surface area contributed by atoms with Crippen LogP contribution in [-0.2, 0) is 26.0 Å². The van der Waals surface area contributed by atoms with E-state index in [2.05, 4.69) is 5.32 Å². The van der Waals surface area contributed by atoms with E-state index in [-0.39, 0.29) is 22.8 Å². The molecule has 2 aromatic rings. The number of carbonyl (C=O) groups is 2. The molecule has 2 aliphatic rings. The molecule has 0 saturated heterocycles. The number of fused-ring (bicyclic) bond motifs is 1. The molecule has 0 unspecified atom stereocenters. The molecule has 1 N–H and O–H groups in total. The van der Waals surface area contributed by atoms with Crippen LogP contribution in [0.2, 0.25) is 0 Å². The molecule has 0 bridgehead atoms. The van der Waals surface area contributed by atoms with Gasteiger partial charge in [0.05, 0.1) is 29.9 Å². The maximum Gasteiger partial charge on any atom is 0.325 e. The highest BCUT2D eigenvalue weighted by molar-refractivity contribution is 7.92. The van der Waals surface area contributed by atoms with Gasteiger partial charge in [0.1, 0.15) is 12.3 Å². The van der Waals surface area contributed by atoms with Gasteiger partial charge in [0.15, 0.2) is 0 Å². The number of esters is 1. The SMILES string of the molecule is COc1ccc(S(=O)(=O)N2CCc3ccccc32)cc1C(=O)NCC(=O)OCC1CC1. The fraction of sp³-hybridized carbons (Fsp3) is 0.364. The van der Waals surface area contributed by atoms with Crippen LogP contribution < -0.4 is 14.4 Å². The molecule has 4 rings (SSSR count). The van der Waals surface area contributed by atoms with Crippen molar-refractivity contribution in [1.29, 1.82) is 0 Å². The third-order valence-electron chi connectivity index (χ3n) is 5.42. The summed E-state index contributed by atoms with van der Waals surface area (Å²) in [4.78, 5) is 24.5. The number of carbonyl (C=O) groups excluding carboxylic acids is 2. The molecule has 1 heterocycles. The van der Waals surface area contributed by atoms with Gasteiger partial charge < -0.3 is 14.8 Å². The fourth-order valence-electron chi connectivity index (χ4n) is 3.50. The van der Waals surface area contributed by atoms with Gasteiger partial charge in [-0.1, -0.05) is 18.2 Å². The molecule has 0 aromatic heterocycles.